The van der Waals surface area contributed by atoms with Crippen LogP contribution in [0.25, 0.3) is 0 Å². The maximum absolute atomic E-state index is 5.55. The van der Waals surface area contributed by atoms with E-state index in [1.165, 1.54) is 0 Å². The Bertz CT molecular complexity index is 441. The van der Waals surface area contributed by atoms with Gasteiger partial charge in [0.2, 0.25) is 0 Å². The molecule has 16 heavy (non-hydrogen) atoms. The fourth-order valence-electron chi connectivity index (χ4n) is 1.54. The number of methoxy groups -OCH3 is 1. The van der Waals surface area contributed by atoms with E-state index in [0.29, 0.717) is 6.54 Å². The summed E-state index contributed by atoms with van der Waals surface area (Å²) in [4.78, 5) is 4.44. The molecule has 1 atom stereocenters. The summed E-state index contributed by atoms with van der Waals surface area (Å²) in [6.07, 6.45) is -0.0912. The summed E-state index contributed by atoms with van der Waals surface area (Å²) in [7, 11) is 1.70. The van der Waals surface area contributed by atoms with Gasteiger partial charge in [0, 0.05) is 19.0 Å². The van der Waals surface area contributed by atoms with Crippen LogP contribution < -0.4 is 5.73 Å². The Morgan fingerprint density at radius 1 is 1.38 bits per heavy atom. The van der Waals surface area contributed by atoms with Crippen molar-refractivity contribution in [3.8, 4) is 0 Å². The zero-order valence-electron chi connectivity index (χ0n) is 9.09. The van der Waals surface area contributed by atoms with E-state index in [-0.39, 0.29) is 6.10 Å². The molecule has 2 rings (SSSR count). The zero-order valence-corrected chi connectivity index (χ0v) is 9.91. The van der Waals surface area contributed by atoms with Gasteiger partial charge in [0.1, 0.15) is 11.1 Å². The van der Waals surface area contributed by atoms with E-state index in [2.05, 4.69) is 4.98 Å². The van der Waals surface area contributed by atoms with Crippen LogP contribution in [0.1, 0.15) is 22.4 Å². The standard InChI is InChI=1S/C12H14N2OS/c1-15-11(9-5-3-2-4-6-9)12-14-10(7-13)8-16-12/h2-6,8,11H,7,13H2,1H3/t11-/m1/s1. The summed E-state index contributed by atoms with van der Waals surface area (Å²) in [5.74, 6) is 0. The van der Waals surface area contributed by atoms with Crippen LogP contribution in [0.4, 0.5) is 0 Å². The monoisotopic (exact) mass is 234 g/mol. The average Bonchev–Trinajstić information content (AvgIpc) is 2.80. The molecule has 0 aliphatic rings. The Balaban J connectivity index is 2.29. The Morgan fingerprint density at radius 2 is 2.12 bits per heavy atom. The number of ether oxygens (including phenoxy) is 1. The summed E-state index contributed by atoms with van der Waals surface area (Å²) in [6.45, 7) is 0.474. The van der Waals surface area contributed by atoms with Gasteiger partial charge in [0.15, 0.2) is 0 Å². The molecule has 1 heterocycles. The van der Waals surface area contributed by atoms with Crippen molar-refractivity contribution in [2.75, 3.05) is 7.11 Å². The van der Waals surface area contributed by atoms with Gasteiger partial charge in [0.25, 0.3) is 0 Å². The minimum absolute atomic E-state index is 0.0912. The van der Waals surface area contributed by atoms with Crippen molar-refractivity contribution in [3.05, 3.63) is 52.0 Å². The maximum atomic E-state index is 5.55. The first-order valence-corrected chi connectivity index (χ1v) is 5.95. The Labute approximate surface area is 98.9 Å². The first kappa shape index (κ1) is 11.3. The molecule has 0 fully saturated rings. The Hall–Kier alpha value is -1.23. The zero-order chi connectivity index (χ0) is 11.4. The van der Waals surface area contributed by atoms with Gasteiger partial charge in [-0.1, -0.05) is 30.3 Å². The fraction of sp³-hybridized carbons (Fsp3) is 0.250. The highest BCUT2D eigenvalue weighted by Crippen LogP contribution is 2.27. The predicted octanol–water partition coefficient (Wildman–Crippen LogP) is 2.34. The molecule has 0 saturated heterocycles. The van der Waals surface area contributed by atoms with Gasteiger partial charge in [-0.05, 0) is 5.56 Å². The first-order chi connectivity index (χ1) is 7.85. The SMILES string of the molecule is CO[C@H](c1ccccc1)c1nc(CN)cs1. The highest BCUT2D eigenvalue weighted by Gasteiger charge is 2.16. The highest BCUT2D eigenvalue weighted by atomic mass is 32.1. The van der Waals surface area contributed by atoms with Crippen molar-refractivity contribution in [2.45, 2.75) is 12.6 Å². The number of nitrogens with two attached hydrogens (primary N) is 1. The molecule has 0 saturated carbocycles. The first-order valence-electron chi connectivity index (χ1n) is 5.07. The van der Waals surface area contributed by atoms with Gasteiger partial charge in [0.05, 0.1) is 5.69 Å². The van der Waals surface area contributed by atoms with Crippen molar-refractivity contribution in [3.63, 3.8) is 0 Å². The third-order valence-electron chi connectivity index (χ3n) is 2.34. The molecule has 2 N–H and O–H groups in total. The molecule has 1 aromatic heterocycles. The third kappa shape index (κ3) is 2.29. The van der Waals surface area contributed by atoms with Crippen LogP contribution in [0.15, 0.2) is 35.7 Å². The molecular weight excluding hydrogens is 220 g/mol. The van der Waals surface area contributed by atoms with E-state index in [0.717, 1.165) is 16.3 Å². The second kappa shape index (κ2) is 5.21. The molecule has 0 bridgehead atoms. The molecule has 3 nitrogen and oxygen atoms in total. The van der Waals surface area contributed by atoms with Crippen molar-refractivity contribution < 1.29 is 4.74 Å². The van der Waals surface area contributed by atoms with Crippen LogP contribution in [0, 0.1) is 0 Å². The van der Waals surface area contributed by atoms with E-state index in [9.17, 15) is 0 Å². The average molecular weight is 234 g/mol. The molecule has 84 valence electrons. The molecule has 0 unspecified atom stereocenters. The quantitative estimate of drug-likeness (QED) is 0.883. The molecule has 0 aliphatic carbocycles. The van der Waals surface area contributed by atoms with E-state index < -0.39 is 0 Å². The van der Waals surface area contributed by atoms with Crippen molar-refractivity contribution in [1.29, 1.82) is 0 Å². The van der Waals surface area contributed by atoms with Crippen LogP contribution in [0.5, 0.6) is 0 Å². The molecule has 4 heteroatoms. The molecule has 0 amide bonds. The van der Waals surface area contributed by atoms with Crippen molar-refractivity contribution in [1.82, 2.24) is 4.98 Å². The predicted molar refractivity (Wildman–Crippen MR) is 65.3 cm³/mol. The van der Waals surface area contributed by atoms with Crippen LogP contribution in [0.2, 0.25) is 0 Å². The number of hydrogen-bond donors (Lipinski definition) is 1. The smallest absolute Gasteiger partial charge is 0.134 e. The normalized spacial score (nSPS) is 12.6. The van der Waals surface area contributed by atoms with E-state index in [1.807, 2.05) is 35.7 Å². The van der Waals surface area contributed by atoms with E-state index >= 15 is 0 Å². The summed E-state index contributed by atoms with van der Waals surface area (Å²) in [5, 5.41) is 2.93. The maximum Gasteiger partial charge on any atom is 0.134 e. The van der Waals surface area contributed by atoms with Crippen LogP contribution >= 0.6 is 11.3 Å². The van der Waals surface area contributed by atoms with E-state index in [1.54, 1.807) is 18.4 Å². The Morgan fingerprint density at radius 3 is 2.69 bits per heavy atom. The van der Waals surface area contributed by atoms with Crippen molar-refractivity contribution >= 4 is 11.3 Å². The Kier molecular flexibility index (Phi) is 3.66. The lowest BCUT2D eigenvalue weighted by Gasteiger charge is -2.12. The number of hydrogen-bond acceptors (Lipinski definition) is 4. The molecular formula is C12H14N2OS. The lowest BCUT2D eigenvalue weighted by molar-refractivity contribution is 0.136. The summed E-state index contributed by atoms with van der Waals surface area (Å²) in [6, 6.07) is 10.1. The number of thiazole rings is 1. The van der Waals surface area contributed by atoms with Gasteiger partial charge in [-0.25, -0.2) is 4.98 Å². The van der Waals surface area contributed by atoms with Gasteiger partial charge < -0.3 is 10.5 Å². The number of benzene rings is 1. The lowest BCUT2D eigenvalue weighted by Crippen LogP contribution is -2.04. The largest absolute Gasteiger partial charge is 0.370 e. The summed E-state index contributed by atoms with van der Waals surface area (Å²) >= 11 is 1.59. The lowest BCUT2D eigenvalue weighted by atomic mass is 10.1. The second-order valence-corrected chi connectivity index (χ2v) is 4.30. The van der Waals surface area contributed by atoms with Crippen LogP contribution in [-0.4, -0.2) is 12.1 Å². The molecule has 0 radical (unpaired) electrons. The van der Waals surface area contributed by atoms with Crippen LogP contribution in [-0.2, 0) is 11.3 Å². The number of rotatable bonds is 4. The fourth-order valence-corrected chi connectivity index (χ4v) is 2.48. The number of aromatic nitrogens is 1. The second-order valence-electron chi connectivity index (χ2n) is 3.41. The summed E-state index contributed by atoms with van der Waals surface area (Å²) < 4.78 is 5.49. The van der Waals surface area contributed by atoms with Crippen LogP contribution in [0.3, 0.4) is 0 Å². The van der Waals surface area contributed by atoms with Gasteiger partial charge >= 0.3 is 0 Å². The van der Waals surface area contributed by atoms with Crippen molar-refractivity contribution in [2.24, 2.45) is 5.73 Å². The topological polar surface area (TPSA) is 48.1 Å². The minimum Gasteiger partial charge on any atom is -0.370 e. The summed E-state index contributed by atoms with van der Waals surface area (Å²) in [5.41, 5.74) is 7.58. The van der Waals surface area contributed by atoms with Gasteiger partial charge in [-0.3, -0.25) is 0 Å². The molecule has 1 aromatic carbocycles. The van der Waals surface area contributed by atoms with Gasteiger partial charge in [-0.15, -0.1) is 11.3 Å². The van der Waals surface area contributed by atoms with Gasteiger partial charge in [-0.2, -0.15) is 0 Å². The number of nitrogens with zero attached hydrogens (tertiary/aromatic N) is 1. The minimum atomic E-state index is -0.0912. The molecule has 2 aromatic rings. The van der Waals surface area contributed by atoms with E-state index in [4.69, 9.17) is 10.5 Å². The third-order valence-corrected chi connectivity index (χ3v) is 3.28. The highest BCUT2D eigenvalue weighted by molar-refractivity contribution is 7.09. The molecule has 0 spiro atoms. The molecule has 0 aliphatic heterocycles.